The maximum absolute atomic E-state index is 5.02. The van der Waals surface area contributed by atoms with Crippen molar-refractivity contribution in [2.24, 2.45) is 0 Å². The van der Waals surface area contributed by atoms with E-state index in [-0.39, 0.29) is 0 Å². The summed E-state index contributed by atoms with van der Waals surface area (Å²) >= 11 is 0. The highest BCUT2D eigenvalue weighted by molar-refractivity contribution is 5.27. The highest BCUT2D eigenvalue weighted by atomic mass is 15.1. The molecule has 3 aromatic rings. The molecule has 1 fully saturated rings. The number of aryl methyl sites for hydroxylation is 1. The topological polar surface area (TPSA) is 29.0 Å². The molecule has 4 rings (SSSR count). The van der Waals surface area contributed by atoms with Crippen molar-refractivity contribution in [2.45, 2.75) is 38.6 Å². The van der Waals surface area contributed by atoms with Gasteiger partial charge in [0.15, 0.2) is 0 Å². The van der Waals surface area contributed by atoms with Crippen LogP contribution in [-0.4, -0.2) is 28.0 Å². The van der Waals surface area contributed by atoms with Crippen LogP contribution >= 0.6 is 0 Å². The lowest BCUT2D eigenvalue weighted by atomic mass is 9.93. The highest BCUT2D eigenvalue weighted by Gasteiger charge is 2.22. The van der Waals surface area contributed by atoms with Crippen LogP contribution in [0.2, 0.25) is 0 Å². The van der Waals surface area contributed by atoms with Gasteiger partial charge in [0.1, 0.15) is 0 Å². The Balaban J connectivity index is 1.44. The fraction of sp³-hybridized carbons (Fsp3) is 0.333. The molecule has 0 amide bonds. The monoisotopic (exact) mass is 357 g/mol. The molecule has 2 aromatic heterocycles. The second kappa shape index (κ2) is 8.45. The van der Waals surface area contributed by atoms with Gasteiger partial charge in [-0.2, -0.15) is 0 Å². The van der Waals surface area contributed by atoms with Crippen LogP contribution in [0.15, 0.2) is 67.0 Å². The van der Waals surface area contributed by atoms with Gasteiger partial charge in [0.05, 0.1) is 0 Å². The minimum Gasteiger partial charge on any atom is -0.298 e. The second-order valence-corrected chi connectivity index (χ2v) is 7.66. The summed E-state index contributed by atoms with van der Waals surface area (Å²) in [5.41, 5.74) is 6.35. The smallest absolute Gasteiger partial charge is 0.0450 e. The number of nitrogens with zero attached hydrogens (tertiary/aromatic N) is 3. The summed E-state index contributed by atoms with van der Waals surface area (Å²) in [6, 6.07) is 19.4. The molecule has 3 heteroatoms. The summed E-state index contributed by atoms with van der Waals surface area (Å²) in [5, 5.41) is 0. The number of hydrogen-bond acceptors (Lipinski definition) is 3. The Morgan fingerprint density at radius 1 is 1.04 bits per heavy atom. The van der Waals surface area contributed by atoms with E-state index < -0.39 is 0 Å². The van der Waals surface area contributed by atoms with Gasteiger partial charge in [-0.25, -0.2) is 0 Å². The Hall–Kier alpha value is -2.52. The average Bonchev–Trinajstić information content (AvgIpc) is 2.69. The molecule has 0 saturated carbocycles. The maximum atomic E-state index is 5.02. The number of rotatable bonds is 5. The van der Waals surface area contributed by atoms with Crippen molar-refractivity contribution in [2.75, 3.05) is 13.1 Å². The highest BCUT2D eigenvalue weighted by Crippen LogP contribution is 2.27. The number of hydrogen-bond donors (Lipinski definition) is 0. The molecule has 27 heavy (non-hydrogen) atoms. The van der Waals surface area contributed by atoms with Crippen molar-refractivity contribution in [3.05, 3.63) is 95.1 Å². The molecule has 1 aromatic carbocycles. The molecule has 1 unspecified atom stereocenters. The van der Waals surface area contributed by atoms with Crippen LogP contribution in [0.1, 0.15) is 46.8 Å². The molecule has 1 aliphatic rings. The van der Waals surface area contributed by atoms with E-state index in [1.54, 1.807) is 0 Å². The van der Waals surface area contributed by atoms with Crippen molar-refractivity contribution in [1.82, 2.24) is 14.9 Å². The normalized spacial score (nSPS) is 17.7. The summed E-state index contributed by atoms with van der Waals surface area (Å²) in [4.78, 5) is 11.8. The van der Waals surface area contributed by atoms with Gasteiger partial charge in [-0.15, -0.1) is 0 Å². The van der Waals surface area contributed by atoms with Gasteiger partial charge in [0.25, 0.3) is 0 Å². The van der Waals surface area contributed by atoms with E-state index >= 15 is 0 Å². The molecule has 0 bridgehead atoms. The molecule has 1 atom stereocenters. The number of pyridine rings is 2. The fourth-order valence-electron chi connectivity index (χ4n) is 4.05. The van der Waals surface area contributed by atoms with Crippen LogP contribution in [0.4, 0.5) is 0 Å². The van der Waals surface area contributed by atoms with E-state index in [2.05, 4.69) is 65.3 Å². The Morgan fingerprint density at radius 2 is 1.93 bits per heavy atom. The van der Waals surface area contributed by atoms with E-state index in [4.69, 9.17) is 4.98 Å². The fourth-order valence-corrected chi connectivity index (χ4v) is 4.05. The third kappa shape index (κ3) is 4.81. The van der Waals surface area contributed by atoms with E-state index in [1.165, 1.54) is 40.9 Å². The first-order valence-electron chi connectivity index (χ1n) is 9.89. The van der Waals surface area contributed by atoms with Crippen molar-refractivity contribution < 1.29 is 0 Å². The number of benzene rings is 1. The lowest BCUT2D eigenvalue weighted by Crippen LogP contribution is -2.34. The van der Waals surface area contributed by atoms with Gasteiger partial charge in [-0.3, -0.25) is 14.9 Å². The van der Waals surface area contributed by atoms with Gasteiger partial charge in [0, 0.05) is 49.2 Å². The SMILES string of the molecule is Cc1cccc(Cc2cccc(C3CCCN(Cc4cccnc4)C3)n2)c1. The zero-order chi connectivity index (χ0) is 18.5. The number of likely N-dealkylation sites (tertiary alicyclic amines) is 1. The molecule has 0 aliphatic carbocycles. The zero-order valence-electron chi connectivity index (χ0n) is 16.0. The molecule has 0 spiro atoms. The molecule has 1 aliphatic heterocycles. The van der Waals surface area contributed by atoms with Crippen molar-refractivity contribution in [3.8, 4) is 0 Å². The van der Waals surface area contributed by atoms with E-state index in [9.17, 15) is 0 Å². The summed E-state index contributed by atoms with van der Waals surface area (Å²) in [6.07, 6.45) is 7.18. The first kappa shape index (κ1) is 17.9. The molecule has 1 saturated heterocycles. The van der Waals surface area contributed by atoms with Crippen LogP contribution in [0.3, 0.4) is 0 Å². The largest absolute Gasteiger partial charge is 0.298 e. The first-order valence-corrected chi connectivity index (χ1v) is 9.89. The quantitative estimate of drug-likeness (QED) is 0.659. The predicted octanol–water partition coefficient (Wildman–Crippen LogP) is 4.76. The van der Waals surface area contributed by atoms with Gasteiger partial charge < -0.3 is 0 Å². The van der Waals surface area contributed by atoms with Crippen LogP contribution in [0, 0.1) is 6.92 Å². The molecule has 0 radical (unpaired) electrons. The number of aromatic nitrogens is 2. The van der Waals surface area contributed by atoms with Gasteiger partial charge >= 0.3 is 0 Å². The Bertz CT molecular complexity index is 876. The third-order valence-electron chi connectivity index (χ3n) is 5.35. The second-order valence-electron chi connectivity index (χ2n) is 7.66. The average molecular weight is 358 g/mol. The number of piperidine rings is 1. The molecular weight excluding hydrogens is 330 g/mol. The van der Waals surface area contributed by atoms with E-state index in [0.717, 1.165) is 26.1 Å². The lowest BCUT2D eigenvalue weighted by molar-refractivity contribution is 0.198. The molecule has 3 heterocycles. The Morgan fingerprint density at radius 3 is 2.78 bits per heavy atom. The van der Waals surface area contributed by atoms with Gasteiger partial charge in [0.2, 0.25) is 0 Å². The van der Waals surface area contributed by atoms with Gasteiger partial charge in [-0.1, -0.05) is 42.0 Å². The lowest BCUT2D eigenvalue weighted by Gasteiger charge is -2.32. The zero-order valence-corrected chi connectivity index (χ0v) is 16.0. The summed E-state index contributed by atoms with van der Waals surface area (Å²) < 4.78 is 0. The Labute approximate surface area is 162 Å². The standard InChI is InChI=1S/C24H27N3/c1-19-6-2-7-20(14-19)15-23-10-3-11-24(26-23)22-9-5-13-27(18-22)17-21-8-4-12-25-16-21/h2-4,6-8,10-12,14,16,22H,5,9,13,15,17-18H2,1H3. The van der Waals surface area contributed by atoms with E-state index in [0.29, 0.717) is 5.92 Å². The summed E-state index contributed by atoms with van der Waals surface area (Å²) in [5.74, 6) is 0.521. The van der Waals surface area contributed by atoms with Crippen LogP contribution in [-0.2, 0) is 13.0 Å². The van der Waals surface area contributed by atoms with Crippen molar-refractivity contribution >= 4 is 0 Å². The summed E-state index contributed by atoms with van der Waals surface area (Å²) in [6.45, 7) is 5.36. The summed E-state index contributed by atoms with van der Waals surface area (Å²) in [7, 11) is 0. The van der Waals surface area contributed by atoms with Crippen LogP contribution < -0.4 is 0 Å². The minimum atomic E-state index is 0.521. The molecular formula is C24H27N3. The molecule has 3 nitrogen and oxygen atoms in total. The molecule has 138 valence electrons. The van der Waals surface area contributed by atoms with Crippen molar-refractivity contribution in [1.29, 1.82) is 0 Å². The van der Waals surface area contributed by atoms with E-state index in [1.807, 2.05) is 18.5 Å². The van der Waals surface area contributed by atoms with Crippen molar-refractivity contribution in [3.63, 3.8) is 0 Å². The van der Waals surface area contributed by atoms with Crippen LogP contribution in [0.5, 0.6) is 0 Å². The minimum absolute atomic E-state index is 0.521. The molecule has 0 N–H and O–H groups in total. The first-order chi connectivity index (χ1) is 13.3. The Kier molecular flexibility index (Phi) is 5.59. The third-order valence-corrected chi connectivity index (χ3v) is 5.35. The van der Waals surface area contributed by atoms with Gasteiger partial charge in [-0.05, 0) is 55.6 Å². The van der Waals surface area contributed by atoms with Crippen LogP contribution in [0.25, 0.3) is 0 Å². The predicted molar refractivity (Wildman–Crippen MR) is 110 cm³/mol. The maximum Gasteiger partial charge on any atom is 0.0450 e.